The molecule has 82 valence electrons. The van der Waals surface area contributed by atoms with Gasteiger partial charge in [0, 0.05) is 23.5 Å². The highest BCUT2D eigenvalue weighted by Gasteiger charge is 2.10. The monoisotopic (exact) mass is 221 g/mol. The van der Waals surface area contributed by atoms with E-state index in [9.17, 15) is 13.6 Å². The number of aldehydes is 1. The summed E-state index contributed by atoms with van der Waals surface area (Å²) in [5, 5.41) is 0. The SMILES string of the molecule is Cc1c(C=O)ccn1-c1ccc(F)cc1F. The first-order valence-electron chi connectivity index (χ1n) is 4.72. The molecule has 0 saturated heterocycles. The molecule has 0 radical (unpaired) electrons. The van der Waals surface area contributed by atoms with Crippen molar-refractivity contribution in [3.05, 3.63) is 53.4 Å². The summed E-state index contributed by atoms with van der Waals surface area (Å²) in [6, 6.07) is 4.92. The van der Waals surface area contributed by atoms with Gasteiger partial charge >= 0.3 is 0 Å². The minimum absolute atomic E-state index is 0.229. The Labute approximate surface area is 91.1 Å². The molecule has 0 aliphatic heterocycles. The molecule has 1 aromatic carbocycles. The van der Waals surface area contributed by atoms with Crippen molar-refractivity contribution in [2.45, 2.75) is 6.92 Å². The van der Waals surface area contributed by atoms with Gasteiger partial charge in [0.15, 0.2) is 6.29 Å². The molecule has 0 atom stereocenters. The average Bonchev–Trinajstić information content (AvgIpc) is 2.60. The van der Waals surface area contributed by atoms with Gasteiger partial charge in [0.25, 0.3) is 0 Å². The van der Waals surface area contributed by atoms with Crippen molar-refractivity contribution >= 4 is 6.29 Å². The maximum Gasteiger partial charge on any atom is 0.151 e. The zero-order chi connectivity index (χ0) is 11.7. The van der Waals surface area contributed by atoms with E-state index in [2.05, 4.69) is 0 Å². The number of halogens is 2. The quantitative estimate of drug-likeness (QED) is 0.715. The zero-order valence-corrected chi connectivity index (χ0v) is 8.58. The van der Waals surface area contributed by atoms with Crippen LogP contribution in [0.5, 0.6) is 0 Å². The number of carbonyl (C=O) groups excluding carboxylic acids is 1. The highest BCUT2D eigenvalue weighted by molar-refractivity contribution is 5.77. The molecule has 16 heavy (non-hydrogen) atoms. The first kappa shape index (κ1) is 10.5. The van der Waals surface area contributed by atoms with Crippen LogP contribution in [0.15, 0.2) is 30.5 Å². The first-order chi connectivity index (χ1) is 7.63. The standard InChI is InChI=1S/C12H9F2NO/c1-8-9(7-16)4-5-15(8)12-3-2-10(13)6-11(12)14/h2-7H,1H3. The summed E-state index contributed by atoms with van der Waals surface area (Å²) in [6.07, 6.45) is 2.28. The maximum absolute atomic E-state index is 13.5. The topological polar surface area (TPSA) is 22.0 Å². The second kappa shape index (κ2) is 3.89. The second-order valence-corrected chi connectivity index (χ2v) is 3.44. The Balaban J connectivity index is 2.58. The normalized spacial score (nSPS) is 10.4. The molecule has 0 aliphatic carbocycles. The number of benzene rings is 1. The van der Waals surface area contributed by atoms with Gasteiger partial charge in [-0.25, -0.2) is 8.78 Å². The van der Waals surface area contributed by atoms with E-state index in [-0.39, 0.29) is 5.69 Å². The largest absolute Gasteiger partial charge is 0.318 e. The van der Waals surface area contributed by atoms with E-state index in [1.165, 1.54) is 16.7 Å². The first-order valence-corrected chi connectivity index (χ1v) is 4.72. The second-order valence-electron chi connectivity index (χ2n) is 3.44. The van der Waals surface area contributed by atoms with Crippen molar-refractivity contribution in [2.75, 3.05) is 0 Å². The van der Waals surface area contributed by atoms with E-state index in [0.717, 1.165) is 6.07 Å². The lowest BCUT2D eigenvalue weighted by Crippen LogP contribution is -1.99. The van der Waals surface area contributed by atoms with E-state index >= 15 is 0 Å². The third-order valence-corrected chi connectivity index (χ3v) is 2.48. The Morgan fingerprint density at radius 3 is 2.56 bits per heavy atom. The maximum atomic E-state index is 13.5. The summed E-state index contributed by atoms with van der Waals surface area (Å²) < 4.78 is 27.7. The van der Waals surface area contributed by atoms with Crippen LogP contribution in [0, 0.1) is 18.6 Å². The fourth-order valence-corrected chi connectivity index (χ4v) is 1.59. The molecule has 0 fully saturated rings. The van der Waals surface area contributed by atoms with Crippen LogP contribution >= 0.6 is 0 Å². The van der Waals surface area contributed by atoms with Crippen LogP contribution in [0.4, 0.5) is 8.78 Å². The fraction of sp³-hybridized carbons (Fsp3) is 0.0833. The molecule has 0 aliphatic rings. The molecule has 0 unspecified atom stereocenters. The van der Waals surface area contributed by atoms with E-state index in [4.69, 9.17) is 0 Å². The van der Waals surface area contributed by atoms with Crippen LogP contribution in [0.25, 0.3) is 5.69 Å². The van der Waals surface area contributed by atoms with Gasteiger partial charge < -0.3 is 4.57 Å². The number of nitrogens with zero attached hydrogens (tertiary/aromatic N) is 1. The predicted octanol–water partition coefficient (Wildman–Crippen LogP) is 2.88. The molecule has 0 bridgehead atoms. The van der Waals surface area contributed by atoms with Gasteiger partial charge in [-0.2, -0.15) is 0 Å². The Bertz CT molecular complexity index is 546. The molecule has 0 N–H and O–H groups in total. The summed E-state index contributed by atoms with van der Waals surface area (Å²) in [5.41, 5.74) is 1.34. The van der Waals surface area contributed by atoms with Gasteiger partial charge in [0.05, 0.1) is 5.69 Å². The average molecular weight is 221 g/mol. The summed E-state index contributed by atoms with van der Waals surface area (Å²) >= 11 is 0. The van der Waals surface area contributed by atoms with Gasteiger partial charge in [-0.1, -0.05) is 0 Å². The number of carbonyl (C=O) groups is 1. The number of rotatable bonds is 2. The Kier molecular flexibility index (Phi) is 2.56. The smallest absolute Gasteiger partial charge is 0.151 e. The predicted molar refractivity (Wildman–Crippen MR) is 55.8 cm³/mol. The van der Waals surface area contributed by atoms with E-state index in [1.807, 2.05) is 0 Å². The molecule has 1 aromatic heterocycles. The van der Waals surface area contributed by atoms with Crippen LogP contribution in [0.2, 0.25) is 0 Å². The lowest BCUT2D eigenvalue weighted by Gasteiger charge is -2.07. The summed E-state index contributed by atoms with van der Waals surface area (Å²) in [4.78, 5) is 10.6. The minimum atomic E-state index is -0.656. The van der Waals surface area contributed by atoms with Crippen molar-refractivity contribution in [3.63, 3.8) is 0 Å². The van der Waals surface area contributed by atoms with Crippen molar-refractivity contribution in [1.29, 1.82) is 0 Å². The summed E-state index contributed by atoms with van der Waals surface area (Å²) in [7, 11) is 0. The summed E-state index contributed by atoms with van der Waals surface area (Å²) in [5.74, 6) is -1.28. The van der Waals surface area contributed by atoms with Gasteiger partial charge in [0.1, 0.15) is 11.6 Å². The summed E-state index contributed by atoms with van der Waals surface area (Å²) in [6.45, 7) is 1.70. The Hall–Kier alpha value is -1.97. The van der Waals surface area contributed by atoms with Crippen molar-refractivity contribution < 1.29 is 13.6 Å². The molecule has 0 amide bonds. The molecular formula is C12H9F2NO. The van der Waals surface area contributed by atoms with Crippen LogP contribution in [0.1, 0.15) is 16.1 Å². The highest BCUT2D eigenvalue weighted by atomic mass is 19.1. The lowest BCUT2D eigenvalue weighted by atomic mass is 10.2. The van der Waals surface area contributed by atoms with Gasteiger partial charge in [-0.05, 0) is 25.1 Å². The van der Waals surface area contributed by atoms with Crippen LogP contribution in [-0.2, 0) is 0 Å². The van der Waals surface area contributed by atoms with E-state index < -0.39 is 11.6 Å². The molecule has 2 rings (SSSR count). The molecule has 4 heteroatoms. The van der Waals surface area contributed by atoms with Crippen molar-refractivity contribution in [3.8, 4) is 5.69 Å². The number of hydrogen-bond donors (Lipinski definition) is 0. The molecule has 0 spiro atoms. The van der Waals surface area contributed by atoms with Crippen LogP contribution in [-0.4, -0.2) is 10.9 Å². The van der Waals surface area contributed by atoms with Crippen molar-refractivity contribution in [2.24, 2.45) is 0 Å². The van der Waals surface area contributed by atoms with Crippen LogP contribution in [0.3, 0.4) is 0 Å². The van der Waals surface area contributed by atoms with Gasteiger partial charge in [-0.3, -0.25) is 4.79 Å². The minimum Gasteiger partial charge on any atom is -0.318 e. The van der Waals surface area contributed by atoms with Gasteiger partial charge in [-0.15, -0.1) is 0 Å². The number of hydrogen-bond acceptors (Lipinski definition) is 1. The molecule has 0 saturated carbocycles. The Morgan fingerprint density at radius 1 is 1.25 bits per heavy atom. The molecule has 2 aromatic rings. The fourth-order valence-electron chi connectivity index (χ4n) is 1.59. The molecule has 2 nitrogen and oxygen atoms in total. The highest BCUT2D eigenvalue weighted by Crippen LogP contribution is 2.19. The van der Waals surface area contributed by atoms with E-state index in [0.29, 0.717) is 17.5 Å². The van der Waals surface area contributed by atoms with Gasteiger partial charge in [0.2, 0.25) is 0 Å². The Morgan fingerprint density at radius 2 is 2.00 bits per heavy atom. The van der Waals surface area contributed by atoms with E-state index in [1.54, 1.807) is 19.2 Å². The lowest BCUT2D eigenvalue weighted by molar-refractivity contribution is 0.112. The van der Waals surface area contributed by atoms with Crippen molar-refractivity contribution in [1.82, 2.24) is 4.57 Å². The molecular weight excluding hydrogens is 212 g/mol. The number of aromatic nitrogens is 1. The van der Waals surface area contributed by atoms with Crippen LogP contribution < -0.4 is 0 Å². The third-order valence-electron chi connectivity index (χ3n) is 2.48. The molecule has 1 heterocycles. The third kappa shape index (κ3) is 1.62. The zero-order valence-electron chi connectivity index (χ0n) is 8.58.